The fourth-order valence-corrected chi connectivity index (χ4v) is 2.40. The van der Waals surface area contributed by atoms with Gasteiger partial charge in [-0.1, -0.05) is 34.6 Å². The second kappa shape index (κ2) is 7.46. The van der Waals surface area contributed by atoms with Gasteiger partial charge in [0.1, 0.15) is 0 Å². The maximum absolute atomic E-state index is 5.92. The van der Waals surface area contributed by atoms with Crippen molar-refractivity contribution >= 4 is 0 Å². The van der Waals surface area contributed by atoms with Crippen LogP contribution in [0.15, 0.2) is 0 Å². The first-order chi connectivity index (χ1) is 8.48. The van der Waals surface area contributed by atoms with E-state index in [1.807, 2.05) is 0 Å². The van der Waals surface area contributed by atoms with Crippen LogP contribution < -0.4 is 5.32 Å². The lowest BCUT2D eigenvalue weighted by molar-refractivity contribution is -0.127. The van der Waals surface area contributed by atoms with E-state index in [1.54, 1.807) is 0 Å². The third-order valence-electron chi connectivity index (χ3n) is 3.82. The van der Waals surface area contributed by atoms with Crippen LogP contribution in [0.4, 0.5) is 0 Å². The van der Waals surface area contributed by atoms with E-state index in [0.717, 1.165) is 32.8 Å². The van der Waals surface area contributed by atoms with Gasteiger partial charge < -0.3 is 14.8 Å². The summed E-state index contributed by atoms with van der Waals surface area (Å²) in [6.07, 6.45) is 2.72. The van der Waals surface area contributed by atoms with E-state index in [9.17, 15) is 0 Å². The smallest absolute Gasteiger partial charge is 0.0704 e. The van der Waals surface area contributed by atoms with Gasteiger partial charge in [-0.25, -0.2) is 0 Å². The molecule has 0 bridgehead atoms. The minimum Gasteiger partial charge on any atom is -0.379 e. The first-order valence-corrected chi connectivity index (χ1v) is 7.41. The Bertz CT molecular complexity index is 229. The van der Waals surface area contributed by atoms with Gasteiger partial charge in [0.2, 0.25) is 0 Å². The van der Waals surface area contributed by atoms with Crippen LogP contribution in [0, 0.1) is 11.3 Å². The molecule has 0 spiro atoms. The largest absolute Gasteiger partial charge is 0.379 e. The molecule has 2 atom stereocenters. The van der Waals surface area contributed by atoms with Gasteiger partial charge in [0.15, 0.2) is 0 Å². The molecule has 0 heterocycles. The van der Waals surface area contributed by atoms with Crippen molar-refractivity contribution in [2.24, 2.45) is 11.3 Å². The van der Waals surface area contributed by atoms with Crippen LogP contribution in [0.5, 0.6) is 0 Å². The molecule has 0 saturated heterocycles. The third-order valence-corrected chi connectivity index (χ3v) is 3.82. The van der Waals surface area contributed by atoms with Crippen LogP contribution in [0.25, 0.3) is 0 Å². The number of ether oxygens (including phenoxy) is 2. The van der Waals surface area contributed by atoms with Crippen LogP contribution >= 0.6 is 0 Å². The summed E-state index contributed by atoms with van der Waals surface area (Å²) < 4.78 is 11.5. The van der Waals surface area contributed by atoms with Crippen LogP contribution in [0.1, 0.15) is 47.5 Å². The summed E-state index contributed by atoms with van der Waals surface area (Å²) in [7, 11) is 0. The Balaban J connectivity index is 2.10. The molecule has 1 rings (SSSR count). The zero-order valence-electron chi connectivity index (χ0n) is 12.8. The molecule has 0 radical (unpaired) electrons. The summed E-state index contributed by atoms with van der Waals surface area (Å²) in [5.74, 6) is 0.604. The van der Waals surface area contributed by atoms with Crippen molar-refractivity contribution in [1.29, 1.82) is 0 Å². The molecule has 0 amide bonds. The van der Waals surface area contributed by atoms with Gasteiger partial charge in [-0.2, -0.15) is 0 Å². The highest BCUT2D eigenvalue weighted by atomic mass is 16.5. The van der Waals surface area contributed by atoms with Gasteiger partial charge in [0.05, 0.1) is 19.3 Å². The molecule has 1 saturated carbocycles. The Morgan fingerprint density at radius 3 is 2.56 bits per heavy atom. The van der Waals surface area contributed by atoms with E-state index >= 15 is 0 Å². The summed E-state index contributed by atoms with van der Waals surface area (Å²) in [6, 6.07) is 0.610. The first kappa shape index (κ1) is 15.9. The molecule has 3 nitrogen and oxygen atoms in total. The summed E-state index contributed by atoms with van der Waals surface area (Å²) in [5.41, 5.74) is 0.257. The molecular formula is C15H31NO2. The average molecular weight is 257 g/mol. The van der Waals surface area contributed by atoms with Crippen molar-refractivity contribution in [3.63, 3.8) is 0 Å². The van der Waals surface area contributed by atoms with Crippen LogP contribution in [0.2, 0.25) is 0 Å². The molecule has 1 aliphatic rings. The molecule has 1 fully saturated rings. The molecule has 0 aromatic rings. The number of nitrogens with one attached hydrogen (secondary N) is 1. The molecule has 0 aromatic heterocycles. The van der Waals surface area contributed by atoms with Crippen LogP contribution in [0.3, 0.4) is 0 Å². The quantitative estimate of drug-likeness (QED) is 0.644. The van der Waals surface area contributed by atoms with Crippen molar-refractivity contribution in [1.82, 2.24) is 5.32 Å². The molecule has 0 aliphatic heterocycles. The van der Waals surface area contributed by atoms with Gasteiger partial charge >= 0.3 is 0 Å². The van der Waals surface area contributed by atoms with Crippen molar-refractivity contribution in [3.8, 4) is 0 Å². The maximum Gasteiger partial charge on any atom is 0.0704 e. The molecular weight excluding hydrogens is 226 g/mol. The fraction of sp³-hybridized carbons (Fsp3) is 1.00. The number of rotatable bonds is 9. The lowest BCUT2D eigenvalue weighted by Gasteiger charge is -2.52. The fourth-order valence-electron chi connectivity index (χ4n) is 2.40. The highest BCUT2D eigenvalue weighted by Crippen LogP contribution is 2.42. The molecule has 18 heavy (non-hydrogen) atoms. The SMILES string of the molecule is CCCNC1CC(OCCOCC(C)C)C1(C)C. The van der Waals surface area contributed by atoms with Crippen LogP contribution in [-0.4, -0.2) is 38.5 Å². The van der Waals surface area contributed by atoms with Gasteiger partial charge in [-0.3, -0.25) is 0 Å². The molecule has 0 aromatic carbocycles. The summed E-state index contributed by atoms with van der Waals surface area (Å²) >= 11 is 0. The van der Waals surface area contributed by atoms with E-state index in [-0.39, 0.29) is 5.41 Å². The van der Waals surface area contributed by atoms with Crippen molar-refractivity contribution < 1.29 is 9.47 Å². The van der Waals surface area contributed by atoms with E-state index in [4.69, 9.17) is 9.47 Å². The Morgan fingerprint density at radius 2 is 2.00 bits per heavy atom. The standard InChI is InChI=1S/C15H31NO2/c1-6-7-16-13-10-14(15(13,4)5)18-9-8-17-11-12(2)3/h12-14,16H,6-11H2,1-5H3. The van der Waals surface area contributed by atoms with Crippen molar-refractivity contribution in [3.05, 3.63) is 0 Å². The average Bonchev–Trinajstić information content (AvgIpc) is 2.30. The lowest BCUT2D eigenvalue weighted by atomic mass is 9.64. The Hall–Kier alpha value is -0.120. The predicted octanol–water partition coefficient (Wildman–Crippen LogP) is 2.84. The highest BCUT2D eigenvalue weighted by molar-refractivity contribution is 5.02. The molecule has 2 unspecified atom stereocenters. The Labute approximate surface area is 113 Å². The monoisotopic (exact) mass is 257 g/mol. The zero-order chi connectivity index (χ0) is 13.6. The second-order valence-electron chi connectivity index (χ2n) is 6.39. The van der Waals surface area contributed by atoms with E-state index in [1.165, 1.54) is 6.42 Å². The zero-order valence-corrected chi connectivity index (χ0v) is 12.8. The maximum atomic E-state index is 5.92. The third kappa shape index (κ3) is 4.52. The Kier molecular flexibility index (Phi) is 6.61. The summed E-state index contributed by atoms with van der Waals surface area (Å²) in [4.78, 5) is 0. The van der Waals surface area contributed by atoms with E-state index in [2.05, 4.69) is 39.9 Å². The molecule has 1 N–H and O–H groups in total. The topological polar surface area (TPSA) is 30.5 Å². The molecule has 3 heteroatoms. The van der Waals surface area contributed by atoms with Crippen molar-refractivity contribution in [2.75, 3.05) is 26.4 Å². The van der Waals surface area contributed by atoms with E-state index < -0.39 is 0 Å². The van der Waals surface area contributed by atoms with Gasteiger partial charge in [0.25, 0.3) is 0 Å². The first-order valence-electron chi connectivity index (χ1n) is 7.41. The summed E-state index contributed by atoms with van der Waals surface area (Å²) in [6.45, 7) is 14.5. The van der Waals surface area contributed by atoms with E-state index in [0.29, 0.717) is 18.1 Å². The predicted molar refractivity (Wildman–Crippen MR) is 75.9 cm³/mol. The molecule has 108 valence electrons. The summed E-state index contributed by atoms with van der Waals surface area (Å²) in [5, 5.41) is 3.59. The minimum atomic E-state index is 0.257. The van der Waals surface area contributed by atoms with Gasteiger partial charge in [-0.15, -0.1) is 0 Å². The Morgan fingerprint density at radius 1 is 1.28 bits per heavy atom. The normalized spacial score (nSPS) is 26.3. The second-order valence-corrected chi connectivity index (χ2v) is 6.39. The number of hydrogen-bond acceptors (Lipinski definition) is 3. The minimum absolute atomic E-state index is 0.257. The van der Waals surface area contributed by atoms with Crippen LogP contribution in [-0.2, 0) is 9.47 Å². The van der Waals surface area contributed by atoms with Crippen molar-refractivity contribution in [2.45, 2.75) is 59.6 Å². The lowest BCUT2D eigenvalue weighted by Crippen LogP contribution is -2.61. The molecule has 1 aliphatic carbocycles. The number of hydrogen-bond donors (Lipinski definition) is 1. The van der Waals surface area contributed by atoms with Gasteiger partial charge in [-0.05, 0) is 25.3 Å². The van der Waals surface area contributed by atoms with Gasteiger partial charge in [0, 0.05) is 18.1 Å². The highest BCUT2D eigenvalue weighted by Gasteiger charge is 2.48.